The molecule has 1 saturated heterocycles. The molecule has 5 heteroatoms. The Balaban J connectivity index is 1.74. The molecule has 0 radical (unpaired) electrons. The molecule has 0 aromatic heterocycles. The average molecular weight is 211 g/mol. The van der Waals surface area contributed by atoms with Crippen LogP contribution in [-0.2, 0) is 9.59 Å². The first-order valence-corrected chi connectivity index (χ1v) is 5.53. The van der Waals surface area contributed by atoms with Crippen LogP contribution in [0.1, 0.15) is 19.3 Å². The van der Waals surface area contributed by atoms with E-state index >= 15 is 0 Å². The smallest absolute Gasteiger partial charge is 0.239 e. The number of nitrogens with one attached hydrogen (secondary N) is 2. The van der Waals surface area contributed by atoms with Gasteiger partial charge >= 0.3 is 0 Å². The van der Waals surface area contributed by atoms with E-state index in [2.05, 4.69) is 10.6 Å². The molecule has 0 aromatic carbocycles. The van der Waals surface area contributed by atoms with Crippen molar-refractivity contribution in [3.8, 4) is 0 Å². The number of carbonyl (C=O) groups excluding carboxylic acids is 2. The Kier molecular flexibility index (Phi) is 3.20. The van der Waals surface area contributed by atoms with Crippen LogP contribution in [0.4, 0.5) is 0 Å². The molecule has 0 aromatic rings. The highest BCUT2D eigenvalue weighted by atomic mass is 16.2. The molecule has 0 bridgehead atoms. The fraction of sp³-hybridized carbons (Fsp3) is 0.800. The topological polar surface area (TPSA) is 61.4 Å². The van der Waals surface area contributed by atoms with Gasteiger partial charge in [0.05, 0.1) is 13.1 Å². The quantitative estimate of drug-likeness (QED) is 0.635. The van der Waals surface area contributed by atoms with Crippen molar-refractivity contribution in [2.24, 2.45) is 0 Å². The molecule has 84 valence electrons. The van der Waals surface area contributed by atoms with Crippen molar-refractivity contribution in [2.45, 2.75) is 25.3 Å². The van der Waals surface area contributed by atoms with Crippen molar-refractivity contribution in [1.82, 2.24) is 15.5 Å². The van der Waals surface area contributed by atoms with E-state index in [1.807, 2.05) is 0 Å². The molecule has 1 saturated carbocycles. The van der Waals surface area contributed by atoms with Gasteiger partial charge in [-0.05, 0) is 19.3 Å². The van der Waals surface area contributed by atoms with Crippen LogP contribution in [0.25, 0.3) is 0 Å². The summed E-state index contributed by atoms with van der Waals surface area (Å²) in [6, 6.07) is 0.357. The first kappa shape index (κ1) is 10.4. The second-order valence-corrected chi connectivity index (χ2v) is 4.19. The number of piperazine rings is 1. The molecule has 2 amide bonds. The van der Waals surface area contributed by atoms with Crippen LogP contribution in [0.2, 0.25) is 0 Å². The highest BCUT2D eigenvalue weighted by molar-refractivity contribution is 5.86. The van der Waals surface area contributed by atoms with Crippen LogP contribution < -0.4 is 10.6 Å². The second-order valence-electron chi connectivity index (χ2n) is 4.19. The summed E-state index contributed by atoms with van der Waals surface area (Å²) in [5, 5.41) is 5.91. The molecule has 0 atom stereocenters. The lowest BCUT2D eigenvalue weighted by Gasteiger charge is -2.30. The van der Waals surface area contributed by atoms with Crippen molar-refractivity contribution in [1.29, 1.82) is 0 Å². The summed E-state index contributed by atoms with van der Waals surface area (Å²) >= 11 is 0. The summed E-state index contributed by atoms with van der Waals surface area (Å²) in [4.78, 5) is 24.5. The third-order valence-electron chi connectivity index (χ3n) is 2.99. The zero-order chi connectivity index (χ0) is 10.7. The van der Waals surface area contributed by atoms with Crippen LogP contribution in [-0.4, -0.2) is 48.9 Å². The summed E-state index contributed by atoms with van der Waals surface area (Å²) < 4.78 is 0. The maximum atomic E-state index is 11.5. The van der Waals surface area contributed by atoms with Gasteiger partial charge in [-0.1, -0.05) is 0 Å². The maximum absolute atomic E-state index is 11.5. The van der Waals surface area contributed by atoms with Crippen molar-refractivity contribution >= 4 is 11.8 Å². The summed E-state index contributed by atoms with van der Waals surface area (Å²) in [6.45, 7) is 1.99. The van der Waals surface area contributed by atoms with Crippen molar-refractivity contribution < 1.29 is 9.59 Å². The van der Waals surface area contributed by atoms with Crippen molar-refractivity contribution in [2.75, 3.05) is 26.2 Å². The lowest BCUT2D eigenvalue weighted by molar-refractivity contribution is -0.137. The molecule has 2 fully saturated rings. The lowest BCUT2D eigenvalue weighted by Crippen LogP contribution is -2.52. The summed E-state index contributed by atoms with van der Waals surface area (Å²) in [6.07, 6.45) is 3.37. The Morgan fingerprint density at radius 3 is 2.93 bits per heavy atom. The van der Waals surface area contributed by atoms with Gasteiger partial charge in [0.25, 0.3) is 0 Å². The molecule has 5 nitrogen and oxygen atoms in total. The van der Waals surface area contributed by atoms with Crippen LogP contribution in [0.3, 0.4) is 0 Å². The minimum absolute atomic E-state index is 0.0185. The molecular formula is C10H17N3O2. The van der Waals surface area contributed by atoms with Gasteiger partial charge in [0.2, 0.25) is 11.8 Å². The number of amides is 2. The Morgan fingerprint density at radius 1 is 1.53 bits per heavy atom. The van der Waals surface area contributed by atoms with Crippen LogP contribution in [0, 0.1) is 0 Å². The van der Waals surface area contributed by atoms with E-state index in [0.29, 0.717) is 19.1 Å². The SMILES string of the molecule is O=C(CN1CCNCC1=O)NC1CCC1. The van der Waals surface area contributed by atoms with Gasteiger partial charge in [-0.3, -0.25) is 9.59 Å². The zero-order valence-corrected chi connectivity index (χ0v) is 8.79. The Morgan fingerprint density at radius 2 is 2.33 bits per heavy atom. The van der Waals surface area contributed by atoms with Crippen LogP contribution >= 0.6 is 0 Å². The Labute approximate surface area is 89.2 Å². The third-order valence-corrected chi connectivity index (χ3v) is 2.99. The van der Waals surface area contributed by atoms with E-state index in [1.165, 1.54) is 6.42 Å². The molecule has 1 aliphatic carbocycles. The van der Waals surface area contributed by atoms with E-state index in [9.17, 15) is 9.59 Å². The second kappa shape index (κ2) is 4.61. The molecule has 2 rings (SSSR count). The molecule has 2 aliphatic rings. The minimum atomic E-state index is -0.0186. The van der Waals surface area contributed by atoms with Gasteiger partial charge in [0.1, 0.15) is 0 Å². The van der Waals surface area contributed by atoms with E-state index in [4.69, 9.17) is 0 Å². The van der Waals surface area contributed by atoms with E-state index in [1.54, 1.807) is 4.90 Å². The molecule has 15 heavy (non-hydrogen) atoms. The molecule has 0 unspecified atom stereocenters. The largest absolute Gasteiger partial charge is 0.352 e. The highest BCUT2D eigenvalue weighted by Gasteiger charge is 2.23. The number of hydrogen-bond acceptors (Lipinski definition) is 3. The fourth-order valence-electron chi connectivity index (χ4n) is 1.81. The van der Waals surface area contributed by atoms with Crippen LogP contribution in [0.15, 0.2) is 0 Å². The first-order chi connectivity index (χ1) is 7.25. The van der Waals surface area contributed by atoms with Crippen molar-refractivity contribution in [3.05, 3.63) is 0 Å². The summed E-state index contributed by atoms with van der Waals surface area (Å²) in [5.74, 6) is -0.0000376. The molecular weight excluding hydrogens is 194 g/mol. The van der Waals surface area contributed by atoms with E-state index < -0.39 is 0 Å². The van der Waals surface area contributed by atoms with Gasteiger partial charge in [0.15, 0.2) is 0 Å². The predicted octanol–water partition coefficient (Wildman–Crippen LogP) is -0.913. The Hall–Kier alpha value is -1.10. The highest BCUT2D eigenvalue weighted by Crippen LogP contribution is 2.17. The summed E-state index contributed by atoms with van der Waals surface area (Å²) in [7, 11) is 0. The van der Waals surface area contributed by atoms with Crippen LogP contribution in [0.5, 0.6) is 0 Å². The van der Waals surface area contributed by atoms with Gasteiger partial charge in [-0.2, -0.15) is 0 Å². The van der Waals surface area contributed by atoms with E-state index in [0.717, 1.165) is 19.4 Å². The first-order valence-electron chi connectivity index (χ1n) is 5.53. The fourth-order valence-corrected chi connectivity index (χ4v) is 1.81. The van der Waals surface area contributed by atoms with Gasteiger partial charge in [-0.15, -0.1) is 0 Å². The number of hydrogen-bond donors (Lipinski definition) is 2. The number of carbonyl (C=O) groups is 2. The predicted molar refractivity (Wildman–Crippen MR) is 55.2 cm³/mol. The standard InChI is InChI=1S/C10H17N3O2/c14-9(12-8-2-1-3-8)7-13-5-4-11-6-10(13)15/h8,11H,1-7H2,(H,12,14). The average Bonchev–Trinajstić information content (AvgIpc) is 2.16. The van der Waals surface area contributed by atoms with Gasteiger partial charge in [0, 0.05) is 19.1 Å². The lowest BCUT2D eigenvalue weighted by atomic mass is 9.93. The van der Waals surface area contributed by atoms with Gasteiger partial charge < -0.3 is 15.5 Å². The normalized spacial score (nSPS) is 22.4. The minimum Gasteiger partial charge on any atom is -0.352 e. The molecule has 1 aliphatic heterocycles. The summed E-state index contributed by atoms with van der Waals surface area (Å²) in [5.41, 5.74) is 0. The number of rotatable bonds is 3. The third kappa shape index (κ3) is 2.68. The van der Waals surface area contributed by atoms with Gasteiger partial charge in [-0.25, -0.2) is 0 Å². The Bertz CT molecular complexity index is 263. The monoisotopic (exact) mass is 211 g/mol. The molecule has 0 spiro atoms. The molecule has 1 heterocycles. The molecule has 2 N–H and O–H groups in total. The van der Waals surface area contributed by atoms with Crippen molar-refractivity contribution in [3.63, 3.8) is 0 Å². The maximum Gasteiger partial charge on any atom is 0.239 e. The number of nitrogens with zero attached hydrogens (tertiary/aromatic N) is 1. The van der Waals surface area contributed by atoms with E-state index in [-0.39, 0.29) is 18.4 Å². The zero-order valence-electron chi connectivity index (χ0n) is 8.79.